The molecule has 1 amide bonds. The molecule has 2 aromatic rings. The number of pyridine rings is 1. The topological polar surface area (TPSA) is 71.1 Å². The highest BCUT2D eigenvalue weighted by Crippen LogP contribution is 2.28. The van der Waals surface area contributed by atoms with Crippen LogP contribution in [0, 0.1) is 0 Å². The van der Waals surface area contributed by atoms with Crippen molar-refractivity contribution in [3.8, 4) is 17.3 Å². The van der Waals surface area contributed by atoms with Crippen molar-refractivity contribution in [2.24, 2.45) is 0 Å². The number of fused-ring (bicyclic) bond motifs is 1. The van der Waals surface area contributed by atoms with Crippen LogP contribution >= 0.6 is 0 Å². The number of amides is 1. The van der Waals surface area contributed by atoms with E-state index in [9.17, 15) is 4.79 Å². The summed E-state index contributed by atoms with van der Waals surface area (Å²) in [7, 11) is 1.59. The molecule has 0 fully saturated rings. The zero-order valence-electron chi connectivity index (χ0n) is 11.5. The van der Waals surface area contributed by atoms with Gasteiger partial charge in [0, 0.05) is 43.8 Å². The molecule has 6 heteroatoms. The Balaban J connectivity index is 2.00. The van der Waals surface area contributed by atoms with Gasteiger partial charge >= 0.3 is 0 Å². The van der Waals surface area contributed by atoms with Gasteiger partial charge in [-0.05, 0) is 6.07 Å². The van der Waals surface area contributed by atoms with E-state index < -0.39 is 0 Å². The van der Waals surface area contributed by atoms with E-state index in [1.807, 2.05) is 17.0 Å². The number of aromatic nitrogens is 3. The summed E-state index contributed by atoms with van der Waals surface area (Å²) in [4.78, 5) is 17.8. The van der Waals surface area contributed by atoms with Crippen molar-refractivity contribution in [3.63, 3.8) is 0 Å². The van der Waals surface area contributed by atoms with Crippen molar-refractivity contribution in [1.29, 1.82) is 0 Å². The maximum Gasteiger partial charge on any atom is 0.219 e. The fraction of sp³-hybridized carbons (Fsp3) is 0.357. The van der Waals surface area contributed by atoms with Gasteiger partial charge in [0.15, 0.2) is 0 Å². The highest BCUT2D eigenvalue weighted by molar-refractivity contribution is 5.74. The zero-order valence-corrected chi connectivity index (χ0v) is 11.5. The van der Waals surface area contributed by atoms with Gasteiger partial charge in [0.05, 0.1) is 12.8 Å². The molecule has 0 aliphatic carbocycles. The van der Waals surface area contributed by atoms with Crippen molar-refractivity contribution in [2.75, 3.05) is 13.7 Å². The fourth-order valence-electron chi connectivity index (χ4n) is 2.44. The minimum absolute atomic E-state index is 0.0846. The van der Waals surface area contributed by atoms with E-state index in [2.05, 4.69) is 15.2 Å². The van der Waals surface area contributed by atoms with Gasteiger partial charge in [0.2, 0.25) is 11.8 Å². The first kappa shape index (κ1) is 12.7. The highest BCUT2D eigenvalue weighted by atomic mass is 16.5. The molecule has 1 N–H and O–H groups in total. The van der Waals surface area contributed by atoms with Crippen molar-refractivity contribution in [2.45, 2.75) is 19.9 Å². The number of carbonyl (C=O) groups is 1. The molecular formula is C14H16N4O2. The van der Waals surface area contributed by atoms with E-state index in [1.165, 1.54) is 0 Å². The van der Waals surface area contributed by atoms with Crippen LogP contribution in [0.25, 0.3) is 11.4 Å². The number of nitrogens with zero attached hydrogens (tertiary/aromatic N) is 3. The summed E-state index contributed by atoms with van der Waals surface area (Å²) in [5.74, 6) is 0.639. The van der Waals surface area contributed by atoms with Crippen LogP contribution in [0.1, 0.15) is 18.2 Å². The number of hydrogen-bond donors (Lipinski definition) is 1. The second-order valence-electron chi connectivity index (χ2n) is 4.79. The summed E-state index contributed by atoms with van der Waals surface area (Å²) in [6.45, 7) is 2.90. The van der Waals surface area contributed by atoms with E-state index in [4.69, 9.17) is 4.74 Å². The Morgan fingerprint density at radius 2 is 2.30 bits per heavy atom. The monoisotopic (exact) mass is 272 g/mol. The van der Waals surface area contributed by atoms with Gasteiger partial charge < -0.3 is 9.64 Å². The van der Waals surface area contributed by atoms with Gasteiger partial charge in [-0.15, -0.1) is 0 Å². The van der Waals surface area contributed by atoms with Crippen LogP contribution in [0.4, 0.5) is 0 Å². The lowest BCUT2D eigenvalue weighted by molar-refractivity contribution is -0.129. The first-order valence-corrected chi connectivity index (χ1v) is 6.52. The molecule has 20 heavy (non-hydrogen) atoms. The number of carbonyl (C=O) groups excluding carboxylic acids is 1. The molecule has 0 saturated heterocycles. The number of methoxy groups -OCH3 is 1. The number of rotatable bonds is 2. The van der Waals surface area contributed by atoms with E-state index in [0.717, 1.165) is 35.6 Å². The lowest BCUT2D eigenvalue weighted by Crippen LogP contribution is -2.34. The molecule has 0 aromatic carbocycles. The van der Waals surface area contributed by atoms with Gasteiger partial charge in [-0.25, -0.2) is 4.98 Å². The highest BCUT2D eigenvalue weighted by Gasteiger charge is 2.24. The standard InChI is InChI=1S/C14H16N4O2/c1-9(19)18-7-6-11-10(8-18)14(17-16-11)12-4-3-5-13(15-12)20-2/h3-5H,6-8H2,1-2H3,(H,16,17). The molecule has 1 aliphatic heterocycles. The predicted octanol–water partition coefficient (Wildman–Crippen LogP) is 1.38. The molecule has 0 bridgehead atoms. The first-order valence-electron chi connectivity index (χ1n) is 6.52. The minimum atomic E-state index is 0.0846. The van der Waals surface area contributed by atoms with Crippen LogP contribution in [0.5, 0.6) is 5.88 Å². The number of H-pyrrole nitrogens is 1. The molecule has 0 spiro atoms. The van der Waals surface area contributed by atoms with Crippen molar-refractivity contribution < 1.29 is 9.53 Å². The maximum atomic E-state index is 11.5. The molecule has 1 aliphatic rings. The molecule has 2 aromatic heterocycles. The Labute approximate surface area is 116 Å². The number of nitrogens with one attached hydrogen (secondary N) is 1. The average Bonchev–Trinajstić information content (AvgIpc) is 2.90. The largest absolute Gasteiger partial charge is 0.481 e. The fourth-order valence-corrected chi connectivity index (χ4v) is 2.44. The zero-order chi connectivity index (χ0) is 14.1. The van der Waals surface area contributed by atoms with Crippen molar-refractivity contribution in [3.05, 3.63) is 29.5 Å². The summed E-state index contributed by atoms with van der Waals surface area (Å²) in [5.41, 5.74) is 3.69. The molecule has 0 saturated carbocycles. The first-order chi connectivity index (χ1) is 9.69. The second-order valence-corrected chi connectivity index (χ2v) is 4.79. The quantitative estimate of drug-likeness (QED) is 0.896. The average molecular weight is 272 g/mol. The maximum absolute atomic E-state index is 11.5. The van der Waals surface area contributed by atoms with Crippen LogP contribution in [0.2, 0.25) is 0 Å². The Hall–Kier alpha value is -2.37. The molecule has 3 rings (SSSR count). The van der Waals surface area contributed by atoms with E-state index in [1.54, 1.807) is 20.1 Å². The van der Waals surface area contributed by atoms with Crippen molar-refractivity contribution in [1.82, 2.24) is 20.1 Å². The van der Waals surface area contributed by atoms with Gasteiger partial charge in [-0.3, -0.25) is 9.89 Å². The molecule has 0 unspecified atom stereocenters. The van der Waals surface area contributed by atoms with Crippen LogP contribution in [0.15, 0.2) is 18.2 Å². The van der Waals surface area contributed by atoms with E-state index in [-0.39, 0.29) is 5.91 Å². The molecule has 0 atom stereocenters. The van der Waals surface area contributed by atoms with Gasteiger partial charge in [0.25, 0.3) is 0 Å². The smallest absolute Gasteiger partial charge is 0.219 e. The lowest BCUT2D eigenvalue weighted by atomic mass is 10.0. The summed E-state index contributed by atoms with van der Waals surface area (Å²) in [6, 6.07) is 5.57. The normalized spacial score (nSPS) is 14.0. The van der Waals surface area contributed by atoms with E-state index in [0.29, 0.717) is 12.4 Å². The molecule has 3 heterocycles. The summed E-state index contributed by atoms with van der Waals surface area (Å²) < 4.78 is 5.14. The van der Waals surface area contributed by atoms with Gasteiger partial charge in [-0.2, -0.15) is 5.10 Å². The number of ether oxygens (including phenoxy) is 1. The minimum Gasteiger partial charge on any atom is -0.481 e. The third-order valence-corrected chi connectivity index (χ3v) is 3.55. The van der Waals surface area contributed by atoms with Crippen LogP contribution in [0.3, 0.4) is 0 Å². The second kappa shape index (κ2) is 4.96. The van der Waals surface area contributed by atoms with Crippen LogP contribution in [-0.4, -0.2) is 39.6 Å². The van der Waals surface area contributed by atoms with E-state index >= 15 is 0 Å². The Morgan fingerprint density at radius 3 is 3.05 bits per heavy atom. The van der Waals surface area contributed by atoms with Crippen molar-refractivity contribution >= 4 is 5.91 Å². The van der Waals surface area contributed by atoms with Crippen LogP contribution < -0.4 is 4.74 Å². The number of aromatic amines is 1. The molecular weight excluding hydrogens is 256 g/mol. The van der Waals surface area contributed by atoms with Gasteiger partial charge in [0.1, 0.15) is 5.69 Å². The Morgan fingerprint density at radius 1 is 1.45 bits per heavy atom. The number of hydrogen-bond acceptors (Lipinski definition) is 4. The summed E-state index contributed by atoms with van der Waals surface area (Å²) in [5, 5.41) is 7.41. The third kappa shape index (κ3) is 2.13. The third-order valence-electron chi connectivity index (χ3n) is 3.55. The molecule has 6 nitrogen and oxygen atoms in total. The summed E-state index contributed by atoms with van der Waals surface area (Å²) in [6.07, 6.45) is 0.798. The van der Waals surface area contributed by atoms with Crippen LogP contribution in [-0.2, 0) is 17.8 Å². The molecule has 104 valence electrons. The summed E-state index contributed by atoms with van der Waals surface area (Å²) >= 11 is 0. The van der Waals surface area contributed by atoms with Gasteiger partial charge in [-0.1, -0.05) is 6.07 Å². The Kier molecular flexibility index (Phi) is 3.14. The predicted molar refractivity (Wildman–Crippen MR) is 73.2 cm³/mol. The SMILES string of the molecule is COc1cccc(-c2n[nH]c3c2CN(C(C)=O)CC3)n1. The Bertz CT molecular complexity index is 650. The molecule has 0 radical (unpaired) electrons. The lowest BCUT2D eigenvalue weighted by Gasteiger charge is -2.25.